The number of H-pyrrole nitrogens is 1. The lowest BCUT2D eigenvalue weighted by atomic mass is 10.0. The largest absolute Gasteiger partial charge is 0.481 e. The van der Waals surface area contributed by atoms with E-state index < -0.39 is 41.9 Å². The van der Waals surface area contributed by atoms with Gasteiger partial charge in [-0.3, -0.25) is 14.4 Å². The topological polar surface area (TPSA) is 175 Å². The minimum Gasteiger partial charge on any atom is -0.481 e. The molecule has 0 bridgehead atoms. The number of nitrogens with one attached hydrogen (secondary N) is 3. The van der Waals surface area contributed by atoms with Crippen LogP contribution < -0.4 is 16.4 Å². The molecule has 0 radical (unpaired) electrons. The summed E-state index contributed by atoms with van der Waals surface area (Å²) in [7, 11) is 0. The summed E-state index contributed by atoms with van der Waals surface area (Å²) < 4.78 is 0. The van der Waals surface area contributed by atoms with Crippen molar-refractivity contribution < 1.29 is 29.4 Å². The maximum absolute atomic E-state index is 12.9. The maximum atomic E-state index is 12.9. The van der Waals surface area contributed by atoms with Crippen LogP contribution >= 0.6 is 0 Å². The van der Waals surface area contributed by atoms with Crippen molar-refractivity contribution in [3.05, 3.63) is 36.0 Å². The number of hydrogen-bond donors (Lipinski definition) is 6. The molecule has 1 aromatic heterocycles. The molecule has 10 nitrogen and oxygen atoms in total. The smallest absolute Gasteiger partial charge is 0.326 e. The number of carboxylic acid groups (broad SMARTS) is 2. The molecule has 1 aromatic carbocycles. The van der Waals surface area contributed by atoms with Crippen LogP contribution in [0.2, 0.25) is 0 Å². The lowest BCUT2D eigenvalue weighted by Gasteiger charge is -2.24. The van der Waals surface area contributed by atoms with Gasteiger partial charge in [0.05, 0.1) is 6.04 Å². The van der Waals surface area contributed by atoms with Gasteiger partial charge in [-0.15, -0.1) is 0 Å². The Morgan fingerprint density at radius 1 is 1.06 bits per heavy atom. The zero-order valence-electron chi connectivity index (χ0n) is 17.4. The summed E-state index contributed by atoms with van der Waals surface area (Å²) in [6.07, 6.45) is 1.44. The SMILES string of the molecule is CC(C)[C@H](NC(=O)[C@H](Cc1c[nH]c2ccccc12)NC(=O)[C@@H](N)CCC(=O)O)C(=O)O. The van der Waals surface area contributed by atoms with E-state index in [9.17, 15) is 24.3 Å². The summed E-state index contributed by atoms with van der Waals surface area (Å²) >= 11 is 0. The van der Waals surface area contributed by atoms with Crippen molar-refractivity contribution in [1.82, 2.24) is 15.6 Å². The number of carboxylic acids is 2. The minimum absolute atomic E-state index is 0.0909. The van der Waals surface area contributed by atoms with Gasteiger partial charge < -0.3 is 31.6 Å². The number of nitrogens with two attached hydrogens (primary N) is 1. The lowest BCUT2D eigenvalue weighted by Crippen LogP contribution is -2.56. The third-order valence-electron chi connectivity index (χ3n) is 4.97. The molecule has 7 N–H and O–H groups in total. The molecule has 31 heavy (non-hydrogen) atoms. The van der Waals surface area contributed by atoms with Crippen molar-refractivity contribution >= 4 is 34.7 Å². The molecule has 0 saturated carbocycles. The molecule has 0 unspecified atom stereocenters. The average Bonchev–Trinajstić information content (AvgIpc) is 3.11. The van der Waals surface area contributed by atoms with Crippen LogP contribution in [0, 0.1) is 5.92 Å². The molecule has 3 atom stereocenters. The number of rotatable bonds is 11. The van der Waals surface area contributed by atoms with Crippen LogP contribution in [-0.4, -0.2) is 57.1 Å². The van der Waals surface area contributed by atoms with Gasteiger partial charge in [0.2, 0.25) is 11.8 Å². The zero-order valence-corrected chi connectivity index (χ0v) is 17.4. The maximum Gasteiger partial charge on any atom is 0.326 e. The van der Waals surface area contributed by atoms with Gasteiger partial charge >= 0.3 is 11.9 Å². The monoisotopic (exact) mass is 432 g/mol. The van der Waals surface area contributed by atoms with Gasteiger partial charge in [-0.25, -0.2) is 4.79 Å². The van der Waals surface area contributed by atoms with E-state index in [0.29, 0.717) is 0 Å². The number of carbonyl (C=O) groups is 4. The Kier molecular flexibility index (Phi) is 8.14. The van der Waals surface area contributed by atoms with Crippen LogP contribution in [0.5, 0.6) is 0 Å². The van der Waals surface area contributed by atoms with Crippen molar-refractivity contribution in [2.45, 2.75) is 51.2 Å². The molecule has 0 aliphatic rings. The molecule has 2 rings (SSSR count). The number of benzene rings is 1. The number of aromatic amines is 1. The Balaban J connectivity index is 2.23. The molecule has 2 amide bonds. The Labute approximate surface area is 179 Å². The summed E-state index contributed by atoms with van der Waals surface area (Å²) in [4.78, 5) is 50.7. The third-order valence-corrected chi connectivity index (χ3v) is 4.97. The first-order valence-corrected chi connectivity index (χ1v) is 9.96. The first-order chi connectivity index (χ1) is 14.6. The Morgan fingerprint density at radius 2 is 1.74 bits per heavy atom. The van der Waals surface area contributed by atoms with E-state index in [0.717, 1.165) is 16.5 Å². The van der Waals surface area contributed by atoms with Gasteiger partial charge in [-0.1, -0.05) is 32.0 Å². The fourth-order valence-corrected chi connectivity index (χ4v) is 3.19. The van der Waals surface area contributed by atoms with Gasteiger partial charge in [-0.05, 0) is 24.0 Å². The van der Waals surface area contributed by atoms with Crippen LogP contribution in [0.25, 0.3) is 10.9 Å². The van der Waals surface area contributed by atoms with Gasteiger partial charge in [0.25, 0.3) is 0 Å². The Morgan fingerprint density at radius 3 is 2.35 bits per heavy atom. The van der Waals surface area contributed by atoms with E-state index >= 15 is 0 Å². The van der Waals surface area contributed by atoms with Crippen molar-refractivity contribution in [2.24, 2.45) is 11.7 Å². The van der Waals surface area contributed by atoms with E-state index in [1.807, 2.05) is 24.3 Å². The number of amides is 2. The number of carbonyl (C=O) groups excluding carboxylic acids is 2. The zero-order chi connectivity index (χ0) is 23.1. The van der Waals surface area contributed by atoms with Crippen LogP contribution in [0.15, 0.2) is 30.5 Å². The molecule has 0 fully saturated rings. The van der Waals surface area contributed by atoms with Crippen molar-refractivity contribution in [1.29, 1.82) is 0 Å². The third kappa shape index (κ3) is 6.54. The van der Waals surface area contributed by atoms with Gasteiger partial charge in [-0.2, -0.15) is 0 Å². The molecule has 0 aliphatic carbocycles. The molecule has 168 valence electrons. The first-order valence-electron chi connectivity index (χ1n) is 9.96. The van der Waals surface area contributed by atoms with Crippen molar-refractivity contribution in [3.63, 3.8) is 0 Å². The second-order valence-electron chi connectivity index (χ2n) is 7.73. The van der Waals surface area contributed by atoms with E-state index in [2.05, 4.69) is 15.6 Å². The van der Waals surface area contributed by atoms with Gasteiger partial charge in [0.1, 0.15) is 12.1 Å². The van der Waals surface area contributed by atoms with Crippen LogP contribution in [-0.2, 0) is 25.6 Å². The first kappa shape index (κ1) is 23.9. The predicted octanol–water partition coefficient (Wildman–Crippen LogP) is 0.613. The fourth-order valence-electron chi connectivity index (χ4n) is 3.19. The van der Waals surface area contributed by atoms with Crippen LogP contribution in [0.4, 0.5) is 0 Å². The van der Waals surface area contributed by atoms with Crippen LogP contribution in [0.3, 0.4) is 0 Å². The summed E-state index contributed by atoms with van der Waals surface area (Å²) in [5, 5.41) is 24.0. The van der Waals surface area contributed by atoms with E-state index in [-0.39, 0.29) is 25.2 Å². The number of aliphatic carboxylic acids is 2. The number of fused-ring (bicyclic) bond motifs is 1. The minimum atomic E-state index is -1.18. The van der Waals surface area contributed by atoms with E-state index in [1.54, 1.807) is 20.0 Å². The average molecular weight is 432 g/mol. The molecule has 1 heterocycles. The molecule has 0 saturated heterocycles. The van der Waals surface area contributed by atoms with E-state index in [1.165, 1.54) is 0 Å². The number of aromatic nitrogens is 1. The second kappa shape index (κ2) is 10.6. The second-order valence-corrected chi connectivity index (χ2v) is 7.73. The summed E-state index contributed by atoms with van der Waals surface area (Å²) in [5.74, 6) is -3.98. The Bertz CT molecular complexity index is 954. The molecule has 2 aromatic rings. The normalized spacial score (nSPS) is 14.1. The quantitative estimate of drug-likeness (QED) is 0.301. The standard InChI is InChI=1S/C21H28N4O6/c1-11(2)18(21(30)31)25-20(29)16(24-19(28)14(22)7-8-17(26)27)9-12-10-23-15-6-4-3-5-13(12)15/h3-6,10-11,14,16,18,23H,7-9,22H2,1-2H3,(H,24,28)(H,25,29)(H,26,27)(H,30,31)/t14-,16-,18-/m0/s1. The van der Waals surface area contributed by atoms with Gasteiger partial charge in [0.15, 0.2) is 0 Å². The number of para-hydroxylation sites is 1. The van der Waals surface area contributed by atoms with Gasteiger partial charge in [0, 0.05) is 29.9 Å². The molecular formula is C21H28N4O6. The van der Waals surface area contributed by atoms with Crippen LogP contribution in [0.1, 0.15) is 32.3 Å². The highest BCUT2D eigenvalue weighted by molar-refractivity contribution is 5.93. The summed E-state index contributed by atoms with van der Waals surface area (Å²) in [6.45, 7) is 3.32. The highest BCUT2D eigenvalue weighted by Gasteiger charge is 2.30. The van der Waals surface area contributed by atoms with Crippen molar-refractivity contribution in [3.8, 4) is 0 Å². The molecule has 0 aliphatic heterocycles. The fraction of sp³-hybridized carbons (Fsp3) is 0.429. The highest BCUT2D eigenvalue weighted by atomic mass is 16.4. The Hall–Kier alpha value is -3.40. The highest BCUT2D eigenvalue weighted by Crippen LogP contribution is 2.19. The summed E-state index contributed by atoms with van der Waals surface area (Å²) in [6, 6.07) is 4.09. The lowest BCUT2D eigenvalue weighted by molar-refractivity contribution is -0.143. The number of hydrogen-bond acceptors (Lipinski definition) is 5. The van der Waals surface area contributed by atoms with Crippen molar-refractivity contribution in [2.75, 3.05) is 0 Å². The molecule has 10 heteroatoms. The summed E-state index contributed by atoms with van der Waals surface area (Å²) in [5.41, 5.74) is 7.38. The molecular weight excluding hydrogens is 404 g/mol. The molecule has 0 spiro atoms. The predicted molar refractivity (Wildman–Crippen MR) is 113 cm³/mol. The van der Waals surface area contributed by atoms with E-state index in [4.69, 9.17) is 10.8 Å².